The minimum atomic E-state index is 0.130. The van der Waals surface area contributed by atoms with Crippen LogP contribution in [-0.2, 0) is 4.74 Å². The largest absolute Gasteiger partial charge is 0.484 e. The SMILES string of the molecule is CC(C)NC(C)C.CCC(C)OC(=S)C(CCN)c1ccccc1. The van der Waals surface area contributed by atoms with Crippen LogP contribution in [0.25, 0.3) is 0 Å². The predicted octanol–water partition coefficient (Wildman–Crippen LogP) is 4.65. The molecular formula is C20H36N2OS. The molecule has 138 valence electrons. The Labute approximate surface area is 154 Å². The van der Waals surface area contributed by atoms with E-state index < -0.39 is 0 Å². The Bertz CT molecular complexity index is 429. The Kier molecular flexibility index (Phi) is 12.8. The van der Waals surface area contributed by atoms with E-state index in [9.17, 15) is 0 Å². The number of thiocarbonyl (C=S) groups is 1. The van der Waals surface area contributed by atoms with Crippen LogP contribution in [0.5, 0.6) is 0 Å². The molecule has 4 heteroatoms. The lowest BCUT2D eigenvalue weighted by molar-refractivity contribution is 0.200. The summed E-state index contributed by atoms with van der Waals surface area (Å²) < 4.78 is 5.74. The molecule has 1 aromatic rings. The van der Waals surface area contributed by atoms with Crippen molar-refractivity contribution >= 4 is 17.3 Å². The maximum atomic E-state index is 5.74. The molecule has 0 bridgehead atoms. The van der Waals surface area contributed by atoms with Crippen LogP contribution in [0, 0.1) is 0 Å². The highest BCUT2D eigenvalue weighted by Gasteiger charge is 2.18. The molecule has 0 aliphatic heterocycles. The van der Waals surface area contributed by atoms with E-state index >= 15 is 0 Å². The first-order chi connectivity index (χ1) is 11.3. The van der Waals surface area contributed by atoms with Crippen molar-refractivity contribution in [1.82, 2.24) is 5.32 Å². The van der Waals surface area contributed by atoms with E-state index in [2.05, 4.69) is 52.1 Å². The Morgan fingerprint density at radius 2 is 1.62 bits per heavy atom. The average Bonchev–Trinajstić information content (AvgIpc) is 2.52. The standard InChI is InChI=1S/C14H21NOS.C6H15N/c1-3-11(2)16-14(17)13(9-10-15)12-7-5-4-6-8-12;1-5(2)7-6(3)4/h4-8,11,13H,3,9-10,15H2,1-2H3;5-7H,1-4H3. The van der Waals surface area contributed by atoms with Crippen molar-refractivity contribution in [2.24, 2.45) is 5.73 Å². The summed E-state index contributed by atoms with van der Waals surface area (Å²) in [7, 11) is 0. The van der Waals surface area contributed by atoms with Gasteiger partial charge in [0.05, 0.1) is 12.0 Å². The molecule has 2 unspecified atom stereocenters. The molecular weight excluding hydrogens is 316 g/mol. The highest BCUT2D eigenvalue weighted by molar-refractivity contribution is 7.80. The van der Waals surface area contributed by atoms with Crippen LogP contribution in [0.4, 0.5) is 0 Å². The second kappa shape index (κ2) is 13.3. The van der Waals surface area contributed by atoms with Crippen LogP contribution >= 0.6 is 12.2 Å². The lowest BCUT2D eigenvalue weighted by Crippen LogP contribution is -2.29. The summed E-state index contributed by atoms with van der Waals surface area (Å²) >= 11 is 5.39. The molecule has 0 radical (unpaired) electrons. The van der Waals surface area contributed by atoms with Gasteiger partial charge in [-0.15, -0.1) is 0 Å². The molecule has 0 heterocycles. The van der Waals surface area contributed by atoms with Crippen molar-refractivity contribution in [3.8, 4) is 0 Å². The van der Waals surface area contributed by atoms with Crippen LogP contribution in [0.3, 0.4) is 0 Å². The fourth-order valence-electron chi connectivity index (χ4n) is 2.30. The van der Waals surface area contributed by atoms with Crippen molar-refractivity contribution in [2.75, 3.05) is 6.54 Å². The highest BCUT2D eigenvalue weighted by atomic mass is 32.1. The van der Waals surface area contributed by atoms with Gasteiger partial charge in [0.15, 0.2) is 5.05 Å². The molecule has 2 atom stereocenters. The molecule has 1 rings (SSSR count). The highest BCUT2D eigenvalue weighted by Crippen LogP contribution is 2.22. The van der Waals surface area contributed by atoms with Gasteiger partial charge in [-0.05, 0) is 44.1 Å². The third-order valence-electron chi connectivity index (χ3n) is 3.50. The van der Waals surface area contributed by atoms with E-state index in [0.29, 0.717) is 23.7 Å². The minimum Gasteiger partial charge on any atom is -0.484 e. The van der Waals surface area contributed by atoms with Gasteiger partial charge < -0.3 is 15.8 Å². The number of ether oxygens (including phenoxy) is 1. The summed E-state index contributed by atoms with van der Waals surface area (Å²) in [4.78, 5) is 0. The molecule has 0 spiro atoms. The molecule has 0 saturated heterocycles. The summed E-state index contributed by atoms with van der Waals surface area (Å²) in [6.45, 7) is 13.4. The molecule has 3 nitrogen and oxygen atoms in total. The zero-order valence-electron chi connectivity index (χ0n) is 16.2. The summed E-state index contributed by atoms with van der Waals surface area (Å²) in [6.07, 6.45) is 1.97. The Balaban J connectivity index is 0.000000640. The van der Waals surface area contributed by atoms with E-state index in [1.807, 2.05) is 25.1 Å². The molecule has 3 N–H and O–H groups in total. The van der Waals surface area contributed by atoms with Crippen LogP contribution in [0.2, 0.25) is 0 Å². The van der Waals surface area contributed by atoms with E-state index in [4.69, 9.17) is 22.7 Å². The second-order valence-electron chi connectivity index (χ2n) is 6.67. The number of hydrogen-bond donors (Lipinski definition) is 2. The molecule has 0 aromatic heterocycles. The van der Waals surface area contributed by atoms with Gasteiger partial charge in [-0.2, -0.15) is 0 Å². The van der Waals surface area contributed by atoms with Crippen molar-refractivity contribution < 1.29 is 4.74 Å². The van der Waals surface area contributed by atoms with E-state index in [-0.39, 0.29) is 12.0 Å². The lowest BCUT2D eigenvalue weighted by Gasteiger charge is -2.21. The van der Waals surface area contributed by atoms with Crippen molar-refractivity contribution in [3.63, 3.8) is 0 Å². The molecule has 0 amide bonds. The van der Waals surface area contributed by atoms with Gasteiger partial charge in [-0.25, -0.2) is 0 Å². The maximum absolute atomic E-state index is 5.74. The molecule has 0 saturated carbocycles. The topological polar surface area (TPSA) is 47.3 Å². The molecule has 0 aliphatic carbocycles. The summed E-state index contributed by atoms with van der Waals surface area (Å²) in [5.74, 6) is 0.130. The van der Waals surface area contributed by atoms with E-state index in [0.717, 1.165) is 12.8 Å². The fourth-order valence-corrected chi connectivity index (χ4v) is 2.72. The third kappa shape index (κ3) is 10.7. The van der Waals surface area contributed by atoms with Gasteiger partial charge >= 0.3 is 0 Å². The van der Waals surface area contributed by atoms with E-state index in [1.54, 1.807) is 0 Å². The predicted molar refractivity (Wildman–Crippen MR) is 110 cm³/mol. The van der Waals surface area contributed by atoms with Gasteiger partial charge in [0.1, 0.15) is 0 Å². The van der Waals surface area contributed by atoms with Crippen molar-refractivity contribution in [3.05, 3.63) is 35.9 Å². The summed E-state index contributed by atoms with van der Waals surface area (Å²) in [6, 6.07) is 11.4. The number of hydrogen-bond acceptors (Lipinski definition) is 4. The zero-order valence-corrected chi connectivity index (χ0v) is 17.0. The number of nitrogens with one attached hydrogen (secondary N) is 1. The van der Waals surface area contributed by atoms with Gasteiger partial charge in [-0.1, -0.05) is 65.0 Å². The average molecular weight is 353 g/mol. The molecule has 0 fully saturated rings. The normalized spacial score (nSPS) is 13.2. The van der Waals surface area contributed by atoms with Gasteiger partial charge in [-0.3, -0.25) is 0 Å². The zero-order chi connectivity index (χ0) is 18.5. The molecule has 24 heavy (non-hydrogen) atoms. The Morgan fingerprint density at radius 1 is 1.08 bits per heavy atom. The minimum absolute atomic E-state index is 0.130. The first-order valence-corrected chi connectivity index (χ1v) is 9.44. The van der Waals surface area contributed by atoms with Gasteiger partial charge in [0.25, 0.3) is 0 Å². The summed E-state index contributed by atoms with van der Waals surface area (Å²) in [5.41, 5.74) is 6.84. The molecule has 1 aromatic carbocycles. The van der Waals surface area contributed by atoms with Crippen LogP contribution < -0.4 is 11.1 Å². The van der Waals surface area contributed by atoms with E-state index in [1.165, 1.54) is 5.56 Å². The van der Waals surface area contributed by atoms with Gasteiger partial charge in [0, 0.05) is 12.1 Å². The Hall–Kier alpha value is -0.970. The lowest BCUT2D eigenvalue weighted by atomic mass is 9.96. The van der Waals surface area contributed by atoms with Crippen LogP contribution in [0.1, 0.15) is 65.9 Å². The van der Waals surface area contributed by atoms with Crippen molar-refractivity contribution in [2.45, 2.75) is 78.5 Å². The van der Waals surface area contributed by atoms with Gasteiger partial charge in [0.2, 0.25) is 0 Å². The first kappa shape index (κ1) is 23.0. The fraction of sp³-hybridized carbons (Fsp3) is 0.650. The maximum Gasteiger partial charge on any atom is 0.167 e. The number of benzene rings is 1. The summed E-state index contributed by atoms with van der Waals surface area (Å²) in [5, 5.41) is 3.97. The quantitative estimate of drug-likeness (QED) is 0.668. The number of nitrogens with two attached hydrogens (primary N) is 1. The second-order valence-corrected chi connectivity index (χ2v) is 7.07. The number of rotatable bonds is 8. The monoisotopic (exact) mass is 352 g/mol. The van der Waals surface area contributed by atoms with Crippen LogP contribution in [-0.4, -0.2) is 29.8 Å². The van der Waals surface area contributed by atoms with Crippen LogP contribution in [0.15, 0.2) is 30.3 Å². The first-order valence-electron chi connectivity index (χ1n) is 9.03. The Morgan fingerprint density at radius 3 is 2.00 bits per heavy atom. The molecule has 0 aliphatic rings. The third-order valence-corrected chi connectivity index (χ3v) is 3.88. The smallest absolute Gasteiger partial charge is 0.167 e. The van der Waals surface area contributed by atoms with Crippen molar-refractivity contribution in [1.29, 1.82) is 0 Å².